The van der Waals surface area contributed by atoms with Gasteiger partial charge in [0.2, 0.25) is 5.91 Å². The summed E-state index contributed by atoms with van der Waals surface area (Å²) in [7, 11) is 0. The number of nitrogens with two attached hydrogens (primary N) is 1. The van der Waals surface area contributed by atoms with Crippen LogP contribution in [0.15, 0.2) is 0 Å². The summed E-state index contributed by atoms with van der Waals surface area (Å²) in [6.07, 6.45) is -0.536. The topological polar surface area (TPSA) is 81.4 Å². The number of nitrogens with one attached hydrogen (secondary N) is 1. The van der Waals surface area contributed by atoms with Gasteiger partial charge in [0.1, 0.15) is 5.60 Å². The zero-order chi connectivity index (χ0) is 11.4. The zero-order valence-corrected chi connectivity index (χ0v) is 9.09. The van der Waals surface area contributed by atoms with Gasteiger partial charge in [-0.05, 0) is 20.8 Å². The maximum atomic E-state index is 11.1. The van der Waals surface area contributed by atoms with E-state index in [1.165, 1.54) is 0 Å². The Bertz CT molecular complexity index is 221. The predicted molar refractivity (Wildman–Crippen MR) is 52.6 cm³/mol. The molecule has 0 heterocycles. The van der Waals surface area contributed by atoms with E-state index in [9.17, 15) is 9.59 Å². The number of rotatable bonds is 3. The van der Waals surface area contributed by atoms with Crippen LogP contribution in [0.1, 0.15) is 27.7 Å². The average molecular weight is 202 g/mol. The van der Waals surface area contributed by atoms with Crippen molar-refractivity contribution < 1.29 is 14.3 Å². The number of ether oxygens (including phenoxy) is 1. The summed E-state index contributed by atoms with van der Waals surface area (Å²) in [4.78, 5) is 21.7. The first-order valence-electron chi connectivity index (χ1n) is 4.48. The Labute approximate surface area is 84.0 Å². The van der Waals surface area contributed by atoms with E-state index in [0.29, 0.717) is 0 Å². The Balaban J connectivity index is 3.81. The third kappa shape index (κ3) is 6.28. The number of hydrogen-bond acceptors (Lipinski definition) is 3. The first-order chi connectivity index (χ1) is 6.22. The van der Waals surface area contributed by atoms with Gasteiger partial charge in [0.15, 0.2) is 0 Å². The van der Waals surface area contributed by atoms with Crippen LogP contribution in [0.3, 0.4) is 0 Å². The standard InChI is InChI=1S/C9H18N2O3/c1-6(7(10)12)5-11-8(13)14-9(2,3)4/h6H,5H2,1-4H3,(H2,10,12)(H,11,13)/t6-/m0/s1. The number of primary amides is 1. The molecule has 0 aromatic rings. The van der Waals surface area contributed by atoms with E-state index >= 15 is 0 Å². The molecule has 0 unspecified atom stereocenters. The summed E-state index contributed by atoms with van der Waals surface area (Å²) >= 11 is 0. The minimum absolute atomic E-state index is 0.199. The lowest BCUT2D eigenvalue weighted by atomic mass is 10.2. The molecule has 5 heteroatoms. The van der Waals surface area contributed by atoms with E-state index in [2.05, 4.69) is 5.32 Å². The van der Waals surface area contributed by atoms with Crippen molar-refractivity contribution in [3.05, 3.63) is 0 Å². The van der Waals surface area contributed by atoms with E-state index in [4.69, 9.17) is 10.5 Å². The number of amides is 2. The predicted octanol–water partition coefficient (Wildman–Crippen LogP) is 0.633. The maximum absolute atomic E-state index is 11.1. The SMILES string of the molecule is C[C@@H](CNC(=O)OC(C)(C)C)C(N)=O. The first-order valence-corrected chi connectivity index (χ1v) is 4.48. The molecule has 0 aliphatic rings. The molecule has 0 fully saturated rings. The van der Waals surface area contributed by atoms with Crippen LogP contribution in [0.4, 0.5) is 4.79 Å². The van der Waals surface area contributed by atoms with Crippen LogP contribution >= 0.6 is 0 Å². The van der Waals surface area contributed by atoms with Gasteiger partial charge in [-0.15, -0.1) is 0 Å². The third-order valence-corrected chi connectivity index (χ3v) is 1.44. The van der Waals surface area contributed by atoms with E-state index in [-0.39, 0.29) is 12.5 Å². The summed E-state index contributed by atoms with van der Waals surface area (Å²) in [6.45, 7) is 7.14. The van der Waals surface area contributed by atoms with Crippen molar-refractivity contribution in [2.45, 2.75) is 33.3 Å². The molecule has 5 nitrogen and oxygen atoms in total. The quantitative estimate of drug-likeness (QED) is 0.704. The normalized spacial score (nSPS) is 13.1. The summed E-state index contributed by atoms with van der Waals surface area (Å²) in [6, 6.07) is 0. The molecule has 1 atom stereocenters. The molecule has 0 aromatic heterocycles. The van der Waals surface area contributed by atoms with Crippen LogP contribution in [0.2, 0.25) is 0 Å². The van der Waals surface area contributed by atoms with E-state index in [1.54, 1.807) is 27.7 Å². The van der Waals surface area contributed by atoms with Gasteiger partial charge < -0.3 is 15.8 Å². The van der Waals surface area contributed by atoms with Crippen molar-refractivity contribution in [3.63, 3.8) is 0 Å². The van der Waals surface area contributed by atoms with E-state index in [0.717, 1.165) is 0 Å². The molecule has 82 valence electrons. The molecule has 0 saturated heterocycles. The summed E-state index contributed by atoms with van der Waals surface area (Å²) in [5, 5.41) is 2.46. The second-order valence-corrected chi connectivity index (χ2v) is 4.19. The Kier molecular flexibility index (Phi) is 4.40. The van der Waals surface area contributed by atoms with Crippen LogP contribution in [0, 0.1) is 5.92 Å². The molecule has 3 N–H and O–H groups in total. The number of hydrogen-bond donors (Lipinski definition) is 2. The van der Waals surface area contributed by atoms with Gasteiger partial charge >= 0.3 is 6.09 Å². The van der Waals surface area contributed by atoms with Crippen LogP contribution < -0.4 is 11.1 Å². The fraction of sp³-hybridized carbons (Fsp3) is 0.778. The highest BCUT2D eigenvalue weighted by Gasteiger charge is 2.17. The lowest BCUT2D eigenvalue weighted by Crippen LogP contribution is -2.37. The molecule has 0 aliphatic heterocycles. The molecular weight excluding hydrogens is 184 g/mol. The largest absolute Gasteiger partial charge is 0.444 e. The Hall–Kier alpha value is -1.26. The minimum Gasteiger partial charge on any atom is -0.444 e. The molecule has 0 saturated carbocycles. The van der Waals surface area contributed by atoms with Gasteiger partial charge in [-0.25, -0.2) is 4.79 Å². The molecule has 0 aromatic carbocycles. The number of alkyl carbamates (subject to hydrolysis) is 1. The lowest BCUT2D eigenvalue weighted by molar-refractivity contribution is -0.121. The first kappa shape index (κ1) is 12.7. The Morgan fingerprint density at radius 1 is 1.43 bits per heavy atom. The molecule has 14 heavy (non-hydrogen) atoms. The van der Waals surface area contributed by atoms with Crippen molar-refractivity contribution >= 4 is 12.0 Å². The second kappa shape index (κ2) is 4.83. The van der Waals surface area contributed by atoms with Crippen molar-refractivity contribution in [2.75, 3.05) is 6.54 Å². The molecule has 0 radical (unpaired) electrons. The van der Waals surface area contributed by atoms with Gasteiger partial charge in [0.25, 0.3) is 0 Å². The summed E-state index contributed by atoms with van der Waals surface area (Å²) in [5.41, 5.74) is 4.49. The average Bonchev–Trinajstić information content (AvgIpc) is 1.96. The fourth-order valence-electron chi connectivity index (χ4n) is 0.651. The van der Waals surface area contributed by atoms with Crippen LogP contribution in [-0.2, 0) is 9.53 Å². The zero-order valence-electron chi connectivity index (χ0n) is 9.09. The lowest BCUT2D eigenvalue weighted by Gasteiger charge is -2.20. The minimum atomic E-state index is -0.536. The van der Waals surface area contributed by atoms with Crippen molar-refractivity contribution in [1.82, 2.24) is 5.32 Å². The second-order valence-electron chi connectivity index (χ2n) is 4.19. The molecular formula is C9H18N2O3. The molecule has 2 amide bonds. The van der Waals surface area contributed by atoms with Crippen LogP contribution in [0.5, 0.6) is 0 Å². The highest BCUT2D eigenvalue weighted by molar-refractivity contribution is 5.77. The summed E-state index contributed by atoms with van der Waals surface area (Å²) in [5.74, 6) is -0.830. The summed E-state index contributed by atoms with van der Waals surface area (Å²) < 4.78 is 4.97. The highest BCUT2D eigenvalue weighted by atomic mass is 16.6. The monoisotopic (exact) mass is 202 g/mol. The van der Waals surface area contributed by atoms with Crippen LogP contribution in [-0.4, -0.2) is 24.1 Å². The molecule has 0 rings (SSSR count). The Morgan fingerprint density at radius 2 is 1.93 bits per heavy atom. The molecule has 0 aliphatic carbocycles. The van der Waals surface area contributed by atoms with E-state index in [1.807, 2.05) is 0 Å². The van der Waals surface area contributed by atoms with Gasteiger partial charge in [-0.1, -0.05) is 6.92 Å². The molecule has 0 spiro atoms. The van der Waals surface area contributed by atoms with E-state index < -0.39 is 17.6 Å². The van der Waals surface area contributed by atoms with Crippen molar-refractivity contribution in [1.29, 1.82) is 0 Å². The van der Waals surface area contributed by atoms with Crippen molar-refractivity contribution in [3.8, 4) is 0 Å². The van der Waals surface area contributed by atoms with Gasteiger partial charge in [-0.3, -0.25) is 4.79 Å². The van der Waals surface area contributed by atoms with Crippen LogP contribution in [0.25, 0.3) is 0 Å². The van der Waals surface area contributed by atoms with Gasteiger partial charge in [0.05, 0.1) is 5.92 Å². The smallest absolute Gasteiger partial charge is 0.407 e. The maximum Gasteiger partial charge on any atom is 0.407 e. The highest BCUT2D eigenvalue weighted by Crippen LogP contribution is 2.06. The fourth-order valence-corrected chi connectivity index (χ4v) is 0.651. The number of carbonyl (C=O) groups excluding carboxylic acids is 2. The van der Waals surface area contributed by atoms with Gasteiger partial charge in [0, 0.05) is 6.54 Å². The Morgan fingerprint density at radius 3 is 2.29 bits per heavy atom. The number of carbonyl (C=O) groups is 2. The molecule has 0 bridgehead atoms. The van der Waals surface area contributed by atoms with Gasteiger partial charge in [-0.2, -0.15) is 0 Å². The van der Waals surface area contributed by atoms with Crippen molar-refractivity contribution in [2.24, 2.45) is 11.7 Å². The third-order valence-electron chi connectivity index (χ3n) is 1.44.